The van der Waals surface area contributed by atoms with Gasteiger partial charge in [0.1, 0.15) is 5.65 Å². The fourth-order valence-corrected chi connectivity index (χ4v) is 3.13. The number of nitrogens with two attached hydrogens (primary N) is 1. The van der Waals surface area contributed by atoms with E-state index in [9.17, 15) is 9.59 Å². The van der Waals surface area contributed by atoms with Gasteiger partial charge in [0.2, 0.25) is 5.91 Å². The Labute approximate surface area is 155 Å². The van der Waals surface area contributed by atoms with E-state index in [1.807, 2.05) is 24.3 Å². The first-order chi connectivity index (χ1) is 13.1. The predicted molar refractivity (Wildman–Crippen MR) is 104 cm³/mol. The Morgan fingerprint density at radius 1 is 1.26 bits per heavy atom. The third kappa shape index (κ3) is 3.52. The maximum atomic E-state index is 12.2. The van der Waals surface area contributed by atoms with Crippen LogP contribution in [0.3, 0.4) is 0 Å². The van der Waals surface area contributed by atoms with Gasteiger partial charge < -0.3 is 20.9 Å². The quantitative estimate of drug-likeness (QED) is 0.601. The highest BCUT2D eigenvalue weighted by Gasteiger charge is 2.29. The largest absolute Gasteiger partial charge is 0.366 e. The number of nitrogens with zero attached hydrogens (tertiary/aromatic N) is 2. The molecule has 4 rings (SSSR count). The van der Waals surface area contributed by atoms with Gasteiger partial charge in [0.15, 0.2) is 0 Å². The standard InChI is InChI=1S/C20H19N5O2/c21-18(26)7-6-14-9-22-19-17(14)8-16(10-23-19)25-11-15(12-25)24-20(27)13-4-2-1-3-5-13/h1-10,15H,11-12H2,(H2,21,26)(H,22,23)(H,24,27). The number of rotatable bonds is 5. The van der Waals surface area contributed by atoms with E-state index in [1.54, 1.807) is 30.6 Å². The summed E-state index contributed by atoms with van der Waals surface area (Å²) in [6.45, 7) is 1.45. The number of carbonyl (C=O) groups excluding carboxylic acids is 2. The molecule has 0 atom stereocenters. The molecule has 0 aliphatic carbocycles. The summed E-state index contributed by atoms with van der Waals surface area (Å²) < 4.78 is 0. The third-order valence-corrected chi connectivity index (χ3v) is 4.59. The minimum atomic E-state index is -0.492. The van der Waals surface area contributed by atoms with Crippen LogP contribution < -0.4 is 16.0 Å². The van der Waals surface area contributed by atoms with Gasteiger partial charge in [-0.3, -0.25) is 9.59 Å². The van der Waals surface area contributed by atoms with Crippen LogP contribution in [-0.4, -0.2) is 40.9 Å². The first-order valence-corrected chi connectivity index (χ1v) is 8.65. The molecule has 1 aromatic carbocycles. The lowest BCUT2D eigenvalue weighted by molar-refractivity contribution is -0.113. The van der Waals surface area contributed by atoms with Crippen LogP contribution >= 0.6 is 0 Å². The molecule has 2 aromatic heterocycles. The number of nitrogens with one attached hydrogen (secondary N) is 2. The number of hydrogen-bond acceptors (Lipinski definition) is 4. The lowest BCUT2D eigenvalue weighted by atomic mass is 10.1. The normalized spacial score (nSPS) is 14.4. The maximum absolute atomic E-state index is 12.2. The summed E-state index contributed by atoms with van der Waals surface area (Å²) in [5, 5.41) is 3.96. The molecule has 0 saturated carbocycles. The van der Waals surface area contributed by atoms with Crippen LogP contribution in [0.25, 0.3) is 17.1 Å². The predicted octanol–water partition coefficient (Wildman–Crippen LogP) is 1.68. The van der Waals surface area contributed by atoms with E-state index in [0.29, 0.717) is 5.56 Å². The fourth-order valence-electron chi connectivity index (χ4n) is 3.13. The van der Waals surface area contributed by atoms with Gasteiger partial charge in [-0.25, -0.2) is 4.98 Å². The molecule has 1 aliphatic rings. The van der Waals surface area contributed by atoms with E-state index < -0.39 is 5.91 Å². The first-order valence-electron chi connectivity index (χ1n) is 8.65. The summed E-state index contributed by atoms with van der Waals surface area (Å²) in [7, 11) is 0. The van der Waals surface area contributed by atoms with Crippen LogP contribution in [-0.2, 0) is 4.79 Å². The summed E-state index contributed by atoms with van der Waals surface area (Å²) in [5.74, 6) is -0.549. The number of benzene rings is 1. The fraction of sp³-hybridized carbons (Fsp3) is 0.150. The van der Waals surface area contributed by atoms with E-state index in [-0.39, 0.29) is 11.9 Å². The van der Waals surface area contributed by atoms with Gasteiger partial charge >= 0.3 is 0 Å². The molecule has 2 amide bonds. The van der Waals surface area contributed by atoms with Crippen molar-refractivity contribution in [2.24, 2.45) is 5.73 Å². The van der Waals surface area contributed by atoms with E-state index in [4.69, 9.17) is 5.73 Å². The molecule has 1 aliphatic heterocycles. The van der Waals surface area contributed by atoms with Crippen LogP contribution in [0, 0.1) is 0 Å². The Balaban J connectivity index is 1.43. The number of anilines is 1. The molecular weight excluding hydrogens is 342 g/mol. The Kier molecular flexibility index (Phi) is 4.33. The highest BCUT2D eigenvalue weighted by molar-refractivity contribution is 5.96. The van der Waals surface area contributed by atoms with Gasteiger partial charge in [0.05, 0.1) is 17.9 Å². The van der Waals surface area contributed by atoms with E-state index in [2.05, 4.69) is 20.2 Å². The average molecular weight is 361 g/mol. The van der Waals surface area contributed by atoms with Gasteiger partial charge in [-0.1, -0.05) is 18.2 Å². The summed E-state index contributed by atoms with van der Waals surface area (Å²) in [4.78, 5) is 32.8. The molecular formula is C20H19N5O2. The summed E-state index contributed by atoms with van der Waals surface area (Å²) in [6, 6.07) is 11.3. The van der Waals surface area contributed by atoms with Crippen LogP contribution in [0.15, 0.2) is 54.9 Å². The number of pyridine rings is 1. The van der Waals surface area contributed by atoms with Gasteiger partial charge in [-0.05, 0) is 24.3 Å². The highest BCUT2D eigenvalue weighted by atomic mass is 16.2. The summed E-state index contributed by atoms with van der Waals surface area (Å²) >= 11 is 0. The van der Waals surface area contributed by atoms with E-state index >= 15 is 0 Å². The van der Waals surface area contributed by atoms with E-state index in [1.165, 1.54) is 6.08 Å². The zero-order valence-corrected chi connectivity index (χ0v) is 14.6. The van der Waals surface area contributed by atoms with Crippen LogP contribution in [0.5, 0.6) is 0 Å². The van der Waals surface area contributed by atoms with Crippen molar-refractivity contribution in [3.05, 3.63) is 66.0 Å². The zero-order chi connectivity index (χ0) is 18.8. The average Bonchev–Trinajstić information content (AvgIpc) is 3.05. The van der Waals surface area contributed by atoms with Crippen molar-refractivity contribution in [2.75, 3.05) is 18.0 Å². The molecule has 0 unspecified atom stereocenters. The van der Waals surface area contributed by atoms with Gasteiger partial charge in [-0.2, -0.15) is 0 Å². The molecule has 7 nitrogen and oxygen atoms in total. The van der Waals surface area contributed by atoms with Crippen LogP contribution in [0.1, 0.15) is 15.9 Å². The molecule has 0 bridgehead atoms. The number of fused-ring (bicyclic) bond motifs is 1. The second kappa shape index (κ2) is 6.95. The zero-order valence-electron chi connectivity index (χ0n) is 14.6. The molecule has 1 fully saturated rings. The highest BCUT2D eigenvalue weighted by Crippen LogP contribution is 2.26. The number of aromatic nitrogens is 2. The summed E-state index contributed by atoms with van der Waals surface area (Å²) in [5.41, 5.74) is 8.40. The molecule has 1 saturated heterocycles. The minimum Gasteiger partial charge on any atom is -0.366 e. The molecule has 0 radical (unpaired) electrons. The molecule has 7 heteroatoms. The number of amides is 2. The summed E-state index contributed by atoms with van der Waals surface area (Å²) in [6.07, 6.45) is 6.59. The Bertz CT molecular complexity index is 1020. The number of primary amides is 1. The van der Waals surface area contributed by atoms with Crippen molar-refractivity contribution >= 4 is 34.6 Å². The lowest BCUT2D eigenvalue weighted by Crippen LogP contribution is -2.59. The number of hydrogen-bond donors (Lipinski definition) is 3. The number of carbonyl (C=O) groups is 2. The Morgan fingerprint density at radius 2 is 2.04 bits per heavy atom. The Hall–Kier alpha value is -3.61. The number of aromatic amines is 1. The van der Waals surface area contributed by atoms with Crippen molar-refractivity contribution in [1.29, 1.82) is 0 Å². The van der Waals surface area contributed by atoms with Gasteiger partial charge in [-0.15, -0.1) is 0 Å². The van der Waals surface area contributed by atoms with Crippen LogP contribution in [0.2, 0.25) is 0 Å². The van der Waals surface area contributed by atoms with Crippen molar-refractivity contribution in [2.45, 2.75) is 6.04 Å². The molecule has 27 heavy (non-hydrogen) atoms. The van der Waals surface area contributed by atoms with Gasteiger partial charge in [0.25, 0.3) is 5.91 Å². The number of H-pyrrole nitrogens is 1. The molecule has 136 valence electrons. The van der Waals surface area contributed by atoms with Gasteiger partial charge in [0, 0.05) is 41.9 Å². The first kappa shape index (κ1) is 16.8. The maximum Gasteiger partial charge on any atom is 0.251 e. The SMILES string of the molecule is NC(=O)C=Cc1c[nH]c2ncc(N3CC(NC(=O)c4ccccc4)C3)cc12. The minimum absolute atomic E-state index is 0.0571. The van der Waals surface area contributed by atoms with Crippen molar-refractivity contribution in [1.82, 2.24) is 15.3 Å². The van der Waals surface area contributed by atoms with Crippen molar-refractivity contribution in [3.8, 4) is 0 Å². The lowest BCUT2D eigenvalue weighted by Gasteiger charge is -2.41. The monoisotopic (exact) mass is 361 g/mol. The third-order valence-electron chi connectivity index (χ3n) is 4.59. The second-order valence-electron chi connectivity index (χ2n) is 6.51. The van der Waals surface area contributed by atoms with E-state index in [0.717, 1.165) is 35.4 Å². The van der Waals surface area contributed by atoms with Crippen molar-refractivity contribution < 1.29 is 9.59 Å². The molecule has 0 spiro atoms. The van der Waals surface area contributed by atoms with Crippen molar-refractivity contribution in [3.63, 3.8) is 0 Å². The smallest absolute Gasteiger partial charge is 0.251 e. The molecule has 3 aromatic rings. The Morgan fingerprint density at radius 3 is 2.78 bits per heavy atom. The topological polar surface area (TPSA) is 104 Å². The van der Waals surface area contributed by atoms with Crippen LogP contribution in [0.4, 0.5) is 5.69 Å². The molecule has 3 heterocycles. The second-order valence-corrected chi connectivity index (χ2v) is 6.51. The molecule has 4 N–H and O–H groups in total.